The van der Waals surface area contributed by atoms with Crippen molar-refractivity contribution in [3.05, 3.63) is 28.3 Å². The Balaban J connectivity index is 2.49. The molecule has 0 aromatic carbocycles. The van der Waals surface area contributed by atoms with E-state index in [0.717, 1.165) is 24.2 Å². The summed E-state index contributed by atoms with van der Waals surface area (Å²) in [6.07, 6.45) is 5.39. The Bertz CT molecular complexity index is 501. The summed E-state index contributed by atoms with van der Waals surface area (Å²) in [5.41, 5.74) is 1.99. The Hall–Kier alpha value is -1.03. The summed E-state index contributed by atoms with van der Waals surface area (Å²) in [4.78, 5) is 21.1. The molecule has 90 valence electrons. The van der Waals surface area contributed by atoms with Crippen LogP contribution in [0.1, 0.15) is 38.6 Å². The van der Waals surface area contributed by atoms with Gasteiger partial charge in [0.05, 0.1) is 17.6 Å². The number of rotatable bonds is 1. The number of fused-ring (bicyclic) bond motifs is 1. The van der Waals surface area contributed by atoms with Gasteiger partial charge in [-0.25, -0.2) is 4.98 Å². The zero-order valence-corrected chi connectivity index (χ0v) is 11.8. The summed E-state index contributed by atoms with van der Waals surface area (Å²) in [5.74, 6) is 0.130. The normalized spacial score (nSPS) is 15.2. The number of ketones is 1. The first-order chi connectivity index (χ1) is 7.89. The lowest BCUT2D eigenvalue weighted by atomic mass is 9.82. The third-order valence-electron chi connectivity index (χ3n) is 2.73. The molecule has 1 aliphatic carbocycles. The van der Waals surface area contributed by atoms with Crippen molar-refractivity contribution >= 4 is 27.3 Å². The number of aromatic nitrogens is 2. The van der Waals surface area contributed by atoms with Crippen molar-refractivity contribution in [1.82, 2.24) is 9.97 Å². The third-order valence-corrected chi connectivity index (χ3v) is 3.11. The van der Waals surface area contributed by atoms with Crippen LogP contribution in [-0.4, -0.2) is 15.8 Å². The number of hydrogen-bond acceptors (Lipinski definition) is 3. The monoisotopic (exact) mass is 294 g/mol. The highest BCUT2D eigenvalue weighted by molar-refractivity contribution is 9.10. The smallest absolute Gasteiger partial charge is 0.170 e. The first kappa shape index (κ1) is 12.4. The van der Waals surface area contributed by atoms with E-state index in [1.165, 1.54) is 0 Å². The van der Waals surface area contributed by atoms with Gasteiger partial charge in [-0.2, -0.15) is 0 Å². The predicted octanol–water partition coefficient (Wildman–Crippen LogP) is 3.18. The molecule has 0 aliphatic heterocycles. The van der Waals surface area contributed by atoms with Crippen molar-refractivity contribution < 1.29 is 4.79 Å². The molecule has 2 rings (SSSR count). The number of nitrogens with zero attached hydrogens (tertiary/aromatic N) is 2. The quantitative estimate of drug-likeness (QED) is 0.799. The number of aryl methyl sites for hydroxylation is 1. The van der Waals surface area contributed by atoms with Gasteiger partial charge < -0.3 is 0 Å². The fraction of sp³-hybridized carbons (Fsp3) is 0.462. The van der Waals surface area contributed by atoms with E-state index < -0.39 is 0 Å². The second kappa shape index (κ2) is 4.33. The van der Waals surface area contributed by atoms with Crippen molar-refractivity contribution in [3.63, 3.8) is 0 Å². The highest BCUT2D eigenvalue weighted by atomic mass is 79.9. The molecule has 0 amide bonds. The molecule has 0 atom stereocenters. The molecule has 0 N–H and O–H groups in total. The number of allylic oxidation sites excluding steroid dienone is 2. The summed E-state index contributed by atoms with van der Waals surface area (Å²) in [6, 6.07) is 0. The minimum Gasteiger partial charge on any atom is -0.294 e. The molecule has 1 heterocycles. The number of hydrogen-bond donors (Lipinski definition) is 0. The van der Waals surface area contributed by atoms with Crippen LogP contribution in [0.15, 0.2) is 16.9 Å². The Morgan fingerprint density at radius 2 is 2.12 bits per heavy atom. The lowest BCUT2D eigenvalue weighted by Crippen LogP contribution is -2.24. The molecule has 0 bridgehead atoms. The second-order valence-corrected chi connectivity index (χ2v) is 6.04. The van der Waals surface area contributed by atoms with Crippen LogP contribution in [0.5, 0.6) is 0 Å². The summed E-state index contributed by atoms with van der Waals surface area (Å²) in [5, 5.41) is 0. The number of Topliss-reactive ketones (excluding diaryl/α,β-unsaturated/α-hetero) is 1. The largest absolute Gasteiger partial charge is 0.294 e. The van der Waals surface area contributed by atoms with Gasteiger partial charge in [0.2, 0.25) is 0 Å². The van der Waals surface area contributed by atoms with Crippen LogP contribution in [0.25, 0.3) is 5.57 Å². The van der Waals surface area contributed by atoms with E-state index >= 15 is 0 Å². The average molecular weight is 295 g/mol. The van der Waals surface area contributed by atoms with E-state index in [1.54, 1.807) is 6.20 Å². The lowest BCUT2D eigenvalue weighted by molar-refractivity contribution is -0.120. The summed E-state index contributed by atoms with van der Waals surface area (Å²) in [6.45, 7) is 5.78. The molecular formula is C13H15BrN2O. The third kappa shape index (κ3) is 2.46. The maximum Gasteiger partial charge on any atom is 0.170 e. The molecular weight excluding hydrogens is 280 g/mol. The molecule has 0 unspecified atom stereocenters. The molecule has 0 spiro atoms. The van der Waals surface area contributed by atoms with Crippen LogP contribution in [0.4, 0.5) is 0 Å². The summed E-state index contributed by atoms with van der Waals surface area (Å²) < 4.78 is 0.672. The zero-order chi connectivity index (χ0) is 12.6. The van der Waals surface area contributed by atoms with Gasteiger partial charge in [-0.3, -0.25) is 9.78 Å². The van der Waals surface area contributed by atoms with E-state index in [1.807, 2.05) is 26.8 Å². The number of halogens is 1. The van der Waals surface area contributed by atoms with Crippen LogP contribution >= 0.6 is 15.9 Å². The first-order valence-electron chi connectivity index (χ1n) is 5.66. The van der Waals surface area contributed by atoms with E-state index in [9.17, 15) is 4.79 Å². The fourth-order valence-corrected chi connectivity index (χ4v) is 2.12. The van der Waals surface area contributed by atoms with Gasteiger partial charge in [-0.1, -0.05) is 26.8 Å². The molecule has 17 heavy (non-hydrogen) atoms. The van der Waals surface area contributed by atoms with E-state index in [2.05, 4.69) is 25.9 Å². The summed E-state index contributed by atoms with van der Waals surface area (Å²) >= 11 is 3.31. The van der Waals surface area contributed by atoms with Crippen LogP contribution in [0, 0.1) is 5.41 Å². The average Bonchev–Trinajstić information content (AvgIpc) is 2.26. The second-order valence-electron chi connectivity index (χ2n) is 5.22. The van der Waals surface area contributed by atoms with Gasteiger partial charge in [-0.05, 0) is 28.8 Å². The van der Waals surface area contributed by atoms with Gasteiger partial charge in [0.1, 0.15) is 4.60 Å². The van der Waals surface area contributed by atoms with Crippen LogP contribution in [-0.2, 0) is 11.2 Å². The van der Waals surface area contributed by atoms with Crippen molar-refractivity contribution in [2.45, 2.75) is 33.6 Å². The molecule has 1 aromatic heterocycles. The molecule has 1 aliphatic rings. The lowest BCUT2D eigenvalue weighted by Gasteiger charge is -2.22. The van der Waals surface area contributed by atoms with E-state index in [4.69, 9.17) is 0 Å². The Labute approximate surface area is 109 Å². The minimum absolute atomic E-state index is 0.130. The van der Waals surface area contributed by atoms with Gasteiger partial charge >= 0.3 is 0 Å². The van der Waals surface area contributed by atoms with Gasteiger partial charge in [0.25, 0.3) is 0 Å². The Morgan fingerprint density at radius 3 is 2.76 bits per heavy atom. The Morgan fingerprint density at radius 1 is 1.41 bits per heavy atom. The highest BCUT2D eigenvalue weighted by Gasteiger charge is 2.29. The van der Waals surface area contributed by atoms with E-state index in [0.29, 0.717) is 10.2 Å². The Kier molecular flexibility index (Phi) is 3.17. The van der Waals surface area contributed by atoms with Crippen molar-refractivity contribution in [2.24, 2.45) is 5.41 Å². The van der Waals surface area contributed by atoms with Gasteiger partial charge in [-0.15, -0.1) is 0 Å². The predicted molar refractivity (Wildman–Crippen MR) is 70.5 cm³/mol. The SMILES string of the molecule is CC(C)(C)C(=O)C1=CCCc2ncc(Br)nc21. The molecule has 0 saturated heterocycles. The van der Waals surface area contributed by atoms with Gasteiger partial charge in [0, 0.05) is 11.0 Å². The molecule has 0 radical (unpaired) electrons. The minimum atomic E-state index is -0.384. The number of carbonyl (C=O) groups is 1. The maximum atomic E-state index is 12.3. The molecule has 1 aromatic rings. The molecule has 4 heteroatoms. The molecule has 3 nitrogen and oxygen atoms in total. The van der Waals surface area contributed by atoms with Gasteiger partial charge in [0.15, 0.2) is 5.78 Å². The van der Waals surface area contributed by atoms with Crippen LogP contribution in [0.2, 0.25) is 0 Å². The fourth-order valence-electron chi connectivity index (χ4n) is 1.85. The van der Waals surface area contributed by atoms with Crippen LogP contribution in [0.3, 0.4) is 0 Å². The van der Waals surface area contributed by atoms with Crippen molar-refractivity contribution in [1.29, 1.82) is 0 Å². The number of carbonyl (C=O) groups excluding carboxylic acids is 1. The van der Waals surface area contributed by atoms with Crippen LogP contribution < -0.4 is 0 Å². The molecule has 0 saturated carbocycles. The standard InChI is InChI=1S/C13H15BrN2O/c1-13(2,3)12(17)8-5-4-6-9-11(8)16-10(14)7-15-9/h5,7H,4,6H2,1-3H3. The molecule has 0 fully saturated rings. The maximum absolute atomic E-state index is 12.3. The van der Waals surface area contributed by atoms with E-state index in [-0.39, 0.29) is 11.2 Å². The van der Waals surface area contributed by atoms with Crippen molar-refractivity contribution in [3.8, 4) is 0 Å². The highest BCUT2D eigenvalue weighted by Crippen LogP contribution is 2.31. The zero-order valence-electron chi connectivity index (χ0n) is 10.2. The first-order valence-corrected chi connectivity index (χ1v) is 6.45. The topological polar surface area (TPSA) is 42.9 Å². The van der Waals surface area contributed by atoms with Crippen molar-refractivity contribution in [2.75, 3.05) is 0 Å². The summed E-state index contributed by atoms with van der Waals surface area (Å²) in [7, 11) is 0.